The van der Waals surface area contributed by atoms with Gasteiger partial charge in [0, 0.05) is 44.8 Å². The molecule has 1 aromatic heterocycles. The van der Waals surface area contributed by atoms with Crippen LogP contribution in [0.3, 0.4) is 0 Å². The van der Waals surface area contributed by atoms with Crippen molar-refractivity contribution in [1.29, 1.82) is 0 Å². The number of methoxy groups -OCH3 is 1. The molecule has 0 atom stereocenters. The summed E-state index contributed by atoms with van der Waals surface area (Å²) in [4.78, 5) is 26.6. The zero-order valence-electron chi connectivity index (χ0n) is 17.4. The maximum Gasteiger partial charge on any atom is 0.276 e. The van der Waals surface area contributed by atoms with E-state index in [0.717, 1.165) is 23.2 Å². The van der Waals surface area contributed by atoms with Crippen molar-refractivity contribution in [2.45, 2.75) is 33.1 Å². The van der Waals surface area contributed by atoms with E-state index in [2.05, 4.69) is 10.5 Å². The first-order valence-corrected chi connectivity index (χ1v) is 10.1. The Morgan fingerprint density at radius 2 is 2.03 bits per heavy atom. The number of carbonyl (C=O) groups excluding carboxylic acids is 2. The van der Waals surface area contributed by atoms with E-state index in [-0.39, 0.29) is 23.9 Å². The van der Waals surface area contributed by atoms with Crippen LogP contribution in [0.4, 0.5) is 0 Å². The topological polar surface area (TPSA) is 84.7 Å². The molecule has 156 valence electrons. The molecule has 1 aromatic carbocycles. The van der Waals surface area contributed by atoms with Crippen molar-refractivity contribution in [2.24, 2.45) is 5.92 Å². The quantitative estimate of drug-likeness (QED) is 0.664. The van der Waals surface area contributed by atoms with Crippen LogP contribution in [0.2, 0.25) is 0 Å². The van der Waals surface area contributed by atoms with Crippen LogP contribution in [0, 0.1) is 19.8 Å². The Kier molecular flexibility index (Phi) is 7.04. The highest BCUT2D eigenvalue weighted by Crippen LogP contribution is 2.27. The van der Waals surface area contributed by atoms with Crippen LogP contribution in [0.15, 0.2) is 28.8 Å². The summed E-state index contributed by atoms with van der Waals surface area (Å²) in [5.41, 5.74) is 3.30. The molecule has 7 heteroatoms. The number of aryl methyl sites for hydroxylation is 2. The van der Waals surface area contributed by atoms with Gasteiger partial charge >= 0.3 is 0 Å². The lowest BCUT2D eigenvalue weighted by atomic mass is 10.0. The number of rotatable bonds is 10. The largest absolute Gasteiger partial charge is 0.383 e. The lowest BCUT2D eigenvalue weighted by molar-refractivity contribution is -0.121. The zero-order valence-corrected chi connectivity index (χ0v) is 17.4. The molecule has 0 saturated heterocycles. The molecule has 1 saturated carbocycles. The molecule has 7 nitrogen and oxygen atoms in total. The van der Waals surface area contributed by atoms with Crippen LogP contribution in [0.5, 0.6) is 0 Å². The molecule has 2 aromatic rings. The summed E-state index contributed by atoms with van der Waals surface area (Å²) in [6.07, 6.45) is 2.63. The van der Waals surface area contributed by atoms with Crippen molar-refractivity contribution in [1.82, 2.24) is 15.4 Å². The number of ether oxygens (including phenoxy) is 1. The fraction of sp³-hybridized carbons (Fsp3) is 0.500. The molecule has 2 amide bonds. The van der Waals surface area contributed by atoms with Gasteiger partial charge in [0.1, 0.15) is 0 Å². The first kappa shape index (κ1) is 21.0. The predicted octanol–water partition coefficient (Wildman–Crippen LogP) is 2.96. The van der Waals surface area contributed by atoms with Crippen molar-refractivity contribution in [3.63, 3.8) is 0 Å². The molecule has 1 aliphatic rings. The maximum absolute atomic E-state index is 13.0. The van der Waals surface area contributed by atoms with Gasteiger partial charge in [-0.2, -0.15) is 0 Å². The second-order valence-electron chi connectivity index (χ2n) is 7.68. The van der Waals surface area contributed by atoms with E-state index in [4.69, 9.17) is 9.26 Å². The fourth-order valence-corrected chi connectivity index (χ4v) is 3.09. The highest BCUT2D eigenvalue weighted by molar-refractivity contribution is 5.93. The average molecular weight is 399 g/mol. The minimum atomic E-state index is -0.266. The van der Waals surface area contributed by atoms with Crippen LogP contribution in [-0.4, -0.2) is 55.2 Å². The highest BCUT2D eigenvalue weighted by atomic mass is 16.5. The van der Waals surface area contributed by atoms with Crippen molar-refractivity contribution in [3.8, 4) is 11.3 Å². The predicted molar refractivity (Wildman–Crippen MR) is 110 cm³/mol. The third-order valence-corrected chi connectivity index (χ3v) is 5.13. The van der Waals surface area contributed by atoms with Crippen LogP contribution in [0.25, 0.3) is 11.3 Å². The number of benzene rings is 1. The van der Waals surface area contributed by atoms with Gasteiger partial charge in [-0.1, -0.05) is 22.9 Å². The van der Waals surface area contributed by atoms with Crippen LogP contribution < -0.4 is 5.32 Å². The summed E-state index contributed by atoms with van der Waals surface area (Å²) in [5.74, 6) is 0.882. The van der Waals surface area contributed by atoms with E-state index >= 15 is 0 Å². The van der Waals surface area contributed by atoms with Crippen LogP contribution in [0.1, 0.15) is 40.9 Å². The summed E-state index contributed by atoms with van der Waals surface area (Å²) >= 11 is 0. The minimum Gasteiger partial charge on any atom is -0.383 e. The smallest absolute Gasteiger partial charge is 0.276 e. The van der Waals surface area contributed by atoms with Gasteiger partial charge in [-0.15, -0.1) is 0 Å². The monoisotopic (exact) mass is 399 g/mol. The van der Waals surface area contributed by atoms with E-state index < -0.39 is 0 Å². The van der Waals surface area contributed by atoms with Crippen molar-refractivity contribution >= 4 is 11.8 Å². The summed E-state index contributed by atoms with van der Waals surface area (Å²) in [5, 5.41) is 6.91. The summed E-state index contributed by atoms with van der Waals surface area (Å²) in [6, 6.07) is 7.72. The summed E-state index contributed by atoms with van der Waals surface area (Å²) in [7, 11) is 1.58. The second kappa shape index (κ2) is 9.69. The molecular weight excluding hydrogens is 370 g/mol. The molecule has 0 radical (unpaired) electrons. The molecule has 0 aliphatic heterocycles. The molecule has 1 fully saturated rings. The minimum absolute atomic E-state index is 0.0386. The summed E-state index contributed by atoms with van der Waals surface area (Å²) in [6.45, 7) is 5.81. The lowest BCUT2D eigenvalue weighted by Crippen LogP contribution is -2.37. The first-order valence-electron chi connectivity index (χ1n) is 10.1. The molecular formula is C22H29N3O4. The summed E-state index contributed by atoms with van der Waals surface area (Å²) < 4.78 is 10.6. The Morgan fingerprint density at radius 1 is 1.24 bits per heavy atom. The number of aromatic nitrogens is 1. The van der Waals surface area contributed by atoms with Gasteiger partial charge in [0.15, 0.2) is 11.5 Å². The van der Waals surface area contributed by atoms with E-state index in [9.17, 15) is 9.59 Å². The van der Waals surface area contributed by atoms with Gasteiger partial charge in [-0.3, -0.25) is 9.59 Å². The van der Waals surface area contributed by atoms with Gasteiger partial charge < -0.3 is 19.5 Å². The third-order valence-electron chi connectivity index (χ3n) is 5.13. The Bertz CT molecular complexity index is 857. The van der Waals surface area contributed by atoms with E-state index in [0.29, 0.717) is 31.4 Å². The Labute approximate surface area is 171 Å². The van der Waals surface area contributed by atoms with Crippen LogP contribution >= 0.6 is 0 Å². The van der Waals surface area contributed by atoms with Crippen LogP contribution in [-0.2, 0) is 9.53 Å². The second-order valence-corrected chi connectivity index (χ2v) is 7.68. The number of amides is 2. The Balaban J connectivity index is 1.66. The van der Waals surface area contributed by atoms with Gasteiger partial charge in [0.25, 0.3) is 5.91 Å². The zero-order chi connectivity index (χ0) is 20.8. The molecule has 1 heterocycles. The fourth-order valence-electron chi connectivity index (χ4n) is 3.09. The van der Waals surface area contributed by atoms with Crippen molar-refractivity contribution < 1.29 is 18.8 Å². The number of carbonyl (C=O) groups is 2. The van der Waals surface area contributed by atoms with Gasteiger partial charge in [-0.25, -0.2) is 0 Å². The van der Waals surface area contributed by atoms with E-state index in [1.54, 1.807) is 18.1 Å². The molecule has 3 rings (SSSR count). The van der Waals surface area contributed by atoms with Crippen molar-refractivity contribution in [2.75, 3.05) is 33.4 Å². The SMILES string of the molecule is COCCN(CCC(=O)NCC1CC1)C(=O)c1cc(-c2cc(C)ccc2C)on1. The van der Waals surface area contributed by atoms with Gasteiger partial charge in [-0.05, 0) is 44.2 Å². The number of hydrogen-bond acceptors (Lipinski definition) is 5. The normalized spacial score (nSPS) is 13.3. The lowest BCUT2D eigenvalue weighted by Gasteiger charge is -2.21. The van der Waals surface area contributed by atoms with E-state index in [1.807, 2.05) is 32.0 Å². The van der Waals surface area contributed by atoms with Gasteiger partial charge in [0.05, 0.1) is 6.61 Å². The number of hydrogen-bond donors (Lipinski definition) is 1. The number of nitrogens with one attached hydrogen (secondary N) is 1. The molecule has 1 N–H and O–H groups in total. The molecule has 0 bridgehead atoms. The first-order chi connectivity index (χ1) is 14.0. The molecule has 0 unspecified atom stereocenters. The third kappa shape index (κ3) is 5.90. The molecule has 0 spiro atoms. The standard InChI is InChI=1S/C22H29N3O4/c1-15-4-5-16(2)18(12-15)20-13-19(24-29-20)22(27)25(10-11-28-3)9-8-21(26)23-14-17-6-7-17/h4-5,12-13,17H,6-11,14H2,1-3H3,(H,23,26). The van der Waals surface area contributed by atoms with Crippen molar-refractivity contribution in [3.05, 3.63) is 41.1 Å². The number of nitrogens with zero attached hydrogens (tertiary/aromatic N) is 2. The van der Waals surface area contributed by atoms with Gasteiger partial charge in [0.2, 0.25) is 5.91 Å². The molecule has 29 heavy (non-hydrogen) atoms. The Hall–Kier alpha value is -2.67. The van der Waals surface area contributed by atoms with E-state index in [1.165, 1.54) is 12.8 Å². The Morgan fingerprint density at radius 3 is 2.76 bits per heavy atom. The maximum atomic E-state index is 13.0. The molecule has 1 aliphatic carbocycles. The average Bonchev–Trinajstić information content (AvgIpc) is 3.42. The highest BCUT2D eigenvalue weighted by Gasteiger charge is 2.23.